The summed E-state index contributed by atoms with van der Waals surface area (Å²) in [6.45, 7) is 3.94. The Bertz CT molecular complexity index is 981. The highest BCUT2D eigenvalue weighted by molar-refractivity contribution is 5.97. The minimum Gasteiger partial charge on any atom is -0.496 e. The van der Waals surface area contributed by atoms with Crippen LogP contribution < -0.4 is 15.4 Å². The summed E-state index contributed by atoms with van der Waals surface area (Å²) in [5.74, 6) is 0.647. The summed E-state index contributed by atoms with van der Waals surface area (Å²) in [5.41, 5.74) is 2.57. The number of ether oxygens (including phenoxy) is 1. The topological polar surface area (TPSA) is 96.1 Å². The highest BCUT2D eigenvalue weighted by Crippen LogP contribution is 2.19. The summed E-state index contributed by atoms with van der Waals surface area (Å²) in [4.78, 5) is 32.9. The number of nitrogens with zero attached hydrogens (tertiary/aromatic N) is 1. The number of anilines is 1. The molecular formula is C23H28N4O3. The van der Waals surface area contributed by atoms with Gasteiger partial charge in [-0.2, -0.15) is 0 Å². The number of aromatic amines is 1. The maximum absolute atomic E-state index is 12.9. The van der Waals surface area contributed by atoms with Gasteiger partial charge in [-0.25, -0.2) is 4.98 Å². The number of amides is 2. The van der Waals surface area contributed by atoms with Crippen molar-refractivity contribution in [1.29, 1.82) is 0 Å². The Hall–Kier alpha value is -3.35. The molecule has 158 valence electrons. The summed E-state index contributed by atoms with van der Waals surface area (Å²) in [6.07, 6.45) is 1.56. The minimum atomic E-state index is -0.645. The molecule has 7 nitrogen and oxygen atoms in total. The van der Waals surface area contributed by atoms with Crippen molar-refractivity contribution >= 4 is 28.8 Å². The van der Waals surface area contributed by atoms with Crippen LogP contribution in [0, 0.1) is 5.92 Å². The van der Waals surface area contributed by atoms with Crippen molar-refractivity contribution in [2.75, 3.05) is 12.4 Å². The van der Waals surface area contributed by atoms with E-state index >= 15 is 0 Å². The second-order valence-corrected chi connectivity index (χ2v) is 7.33. The van der Waals surface area contributed by atoms with Gasteiger partial charge >= 0.3 is 0 Å². The Kier molecular flexibility index (Phi) is 7.06. The molecule has 30 heavy (non-hydrogen) atoms. The number of benzene rings is 2. The molecule has 1 heterocycles. The highest BCUT2D eigenvalue weighted by atomic mass is 16.5. The van der Waals surface area contributed by atoms with Crippen LogP contribution in [-0.2, 0) is 16.0 Å². The van der Waals surface area contributed by atoms with E-state index in [-0.39, 0.29) is 24.2 Å². The van der Waals surface area contributed by atoms with Crippen molar-refractivity contribution < 1.29 is 14.3 Å². The number of carbonyl (C=O) groups is 2. The lowest BCUT2D eigenvalue weighted by Gasteiger charge is -2.23. The molecule has 0 fully saturated rings. The number of imidazole rings is 1. The molecule has 0 radical (unpaired) electrons. The Morgan fingerprint density at radius 3 is 2.60 bits per heavy atom. The first kappa shape index (κ1) is 21.4. The number of hydrogen-bond donors (Lipinski definition) is 3. The zero-order valence-corrected chi connectivity index (χ0v) is 17.6. The fourth-order valence-corrected chi connectivity index (χ4v) is 3.31. The molecule has 2 amide bonds. The van der Waals surface area contributed by atoms with Gasteiger partial charge in [-0.1, -0.05) is 50.6 Å². The Balaban J connectivity index is 1.64. The van der Waals surface area contributed by atoms with Crippen LogP contribution in [-0.4, -0.2) is 34.9 Å². The SMILES string of the molecule is CCC(C)C(NC(=O)CCc1ccccc1OC)C(=O)Nc1nc2ccccc2[nH]1. The lowest BCUT2D eigenvalue weighted by molar-refractivity contribution is -0.127. The van der Waals surface area contributed by atoms with Gasteiger partial charge in [0.15, 0.2) is 0 Å². The molecule has 0 bridgehead atoms. The average Bonchev–Trinajstić information content (AvgIpc) is 3.17. The number of aromatic nitrogens is 2. The van der Waals surface area contributed by atoms with Crippen LogP contribution in [0.3, 0.4) is 0 Å². The summed E-state index contributed by atoms with van der Waals surface area (Å²) in [5, 5.41) is 5.70. The van der Waals surface area contributed by atoms with Crippen LogP contribution in [0.1, 0.15) is 32.3 Å². The van der Waals surface area contributed by atoms with E-state index < -0.39 is 6.04 Å². The molecule has 0 spiro atoms. The largest absolute Gasteiger partial charge is 0.496 e. The van der Waals surface area contributed by atoms with E-state index in [1.807, 2.05) is 62.4 Å². The third-order valence-corrected chi connectivity index (χ3v) is 5.26. The molecule has 0 aliphatic carbocycles. The quantitative estimate of drug-likeness (QED) is 0.503. The Labute approximate surface area is 176 Å². The van der Waals surface area contributed by atoms with Gasteiger partial charge in [0, 0.05) is 6.42 Å². The predicted molar refractivity (Wildman–Crippen MR) is 117 cm³/mol. The van der Waals surface area contributed by atoms with Gasteiger partial charge in [0.25, 0.3) is 0 Å². The summed E-state index contributed by atoms with van der Waals surface area (Å²) >= 11 is 0. The first-order valence-electron chi connectivity index (χ1n) is 10.2. The lowest BCUT2D eigenvalue weighted by atomic mass is 9.98. The van der Waals surface area contributed by atoms with Gasteiger partial charge in [-0.05, 0) is 36.1 Å². The van der Waals surface area contributed by atoms with Crippen molar-refractivity contribution in [2.45, 2.75) is 39.2 Å². The van der Waals surface area contributed by atoms with E-state index in [1.165, 1.54) is 0 Å². The molecule has 2 unspecified atom stereocenters. The Morgan fingerprint density at radius 1 is 1.13 bits per heavy atom. The zero-order chi connectivity index (χ0) is 21.5. The molecule has 0 aliphatic rings. The van der Waals surface area contributed by atoms with E-state index in [1.54, 1.807) is 7.11 Å². The lowest BCUT2D eigenvalue weighted by Crippen LogP contribution is -2.47. The maximum atomic E-state index is 12.9. The van der Waals surface area contributed by atoms with Crippen LogP contribution in [0.5, 0.6) is 5.75 Å². The molecule has 3 aromatic rings. The van der Waals surface area contributed by atoms with Gasteiger partial charge in [-0.15, -0.1) is 0 Å². The van der Waals surface area contributed by atoms with Gasteiger partial charge in [-0.3, -0.25) is 14.9 Å². The van der Waals surface area contributed by atoms with Gasteiger partial charge in [0.2, 0.25) is 17.8 Å². The van der Waals surface area contributed by atoms with Crippen molar-refractivity contribution in [3.63, 3.8) is 0 Å². The van der Waals surface area contributed by atoms with E-state index in [0.29, 0.717) is 12.4 Å². The summed E-state index contributed by atoms with van der Waals surface area (Å²) < 4.78 is 5.34. The Morgan fingerprint density at radius 2 is 1.87 bits per heavy atom. The minimum absolute atomic E-state index is 0.0235. The first-order valence-corrected chi connectivity index (χ1v) is 10.2. The molecule has 0 saturated carbocycles. The number of methoxy groups -OCH3 is 1. The second-order valence-electron chi connectivity index (χ2n) is 7.33. The fourth-order valence-electron chi connectivity index (χ4n) is 3.31. The maximum Gasteiger partial charge on any atom is 0.249 e. The van der Waals surface area contributed by atoms with Crippen molar-refractivity contribution in [1.82, 2.24) is 15.3 Å². The van der Waals surface area contributed by atoms with Crippen LogP contribution in [0.15, 0.2) is 48.5 Å². The number of carbonyl (C=O) groups excluding carboxylic acids is 2. The second kappa shape index (κ2) is 9.91. The molecule has 0 aliphatic heterocycles. The monoisotopic (exact) mass is 408 g/mol. The average molecular weight is 409 g/mol. The van der Waals surface area contributed by atoms with E-state index in [2.05, 4.69) is 20.6 Å². The smallest absolute Gasteiger partial charge is 0.249 e. The van der Waals surface area contributed by atoms with Crippen molar-refractivity contribution in [3.8, 4) is 5.75 Å². The molecule has 1 aromatic heterocycles. The number of rotatable bonds is 9. The number of aryl methyl sites for hydroxylation is 1. The first-order chi connectivity index (χ1) is 14.5. The third kappa shape index (κ3) is 5.17. The number of H-pyrrole nitrogens is 1. The number of nitrogens with one attached hydrogen (secondary N) is 3. The predicted octanol–water partition coefficient (Wildman–Crippen LogP) is 3.67. The molecule has 0 saturated heterocycles. The molecule has 2 atom stereocenters. The van der Waals surface area contributed by atoms with E-state index in [4.69, 9.17) is 4.74 Å². The van der Waals surface area contributed by atoms with Gasteiger partial charge in [0.05, 0.1) is 18.1 Å². The summed E-state index contributed by atoms with van der Waals surface area (Å²) in [6, 6.07) is 14.5. The third-order valence-electron chi connectivity index (χ3n) is 5.26. The van der Waals surface area contributed by atoms with Crippen LogP contribution in [0.4, 0.5) is 5.95 Å². The van der Waals surface area contributed by atoms with E-state index in [0.717, 1.165) is 28.8 Å². The zero-order valence-electron chi connectivity index (χ0n) is 17.6. The molecule has 2 aromatic carbocycles. The number of para-hydroxylation sites is 3. The van der Waals surface area contributed by atoms with Crippen LogP contribution in [0.25, 0.3) is 11.0 Å². The van der Waals surface area contributed by atoms with Crippen molar-refractivity contribution in [2.24, 2.45) is 5.92 Å². The standard InChI is InChI=1S/C23H28N4O3/c1-4-15(2)21(22(29)27-23-24-17-10-6-7-11-18(17)25-23)26-20(28)14-13-16-9-5-8-12-19(16)30-3/h5-12,15,21H,4,13-14H2,1-3H3,(H,26,28)(H2,24,25,27,29). The fraction of sp³-hybridized carbons (Fsp3) is 0.348. The molecule has 3 N–H and O–H groups in total. The van der Waals surface area contributed by atoms with Crippen LogP contribution >= 0.6 is 0 Å². The van der Waals surface area contributed by atoms with Gasteiger partial charge < -0.3 is 15.0 Å². The highest BCUT2D eigenvalue weighted by Gasteiger charge is 2.26. The number of hydrogen-bond acceptors (Lipinski definition) is 4. The normalized spacial score (nSPS) is 12.9. The van der Waals surface area contributed by atoms with Crippen LogP contribution in [0.2, 0.25) is 0 Å². The number of fused-ring (bicyclic) bond motifs is 1. The molecule has 7 heteroatoms. The molecule has 3 rings (SSSR count). The summed E-state index contributed by atoms with van der Waals surface area (Å²) in [7, 11) is 1.61. The van der Waals surface area contributed by atoms with Crippen molar-refractivity contribution in [3.05, 3.63) is 54.1 Å². The van der Waals surface area contributed by atoms with E-state index in [9.17, 15) is 9.59 Å². The van der Waals surface area contributed by atoms with Gasteiger partial charge in [0.1, 0.15) is 11.8 Å². The molecular weight excluding hydrogens is 380 g/mol.